The van der Waals surface area contributed by atoms with Crippen LogP contribution in [0, 0.1) is 11.8 Å². The van der Waals surface area contributed by atoms with Gasteiger partial charge in [0.25, 0.3) is 11.6 Å². The van der Waals surface area contributed by atoms with Crippen molar-refractivity contribution >= 4 is 35.0 Å². The van der Waals surface area contributed by atoms with Crippen molar-refractivity contribution in [2.45, 2.75) is 43.8 Å². The summed E-state index contributed by atoms with van der Waals surface area (Å²) in [6, 6.07) is 7.07. The van der Waals surface area contributed by atoms with Gasteiger partial charge in [-0.1, -0.05) is 36.7 Å². The minimum Gasteiger partial charge on any atom is -0.362 e. The zero-order valence-electron chi connectivity index (χ0n) is 14.7. The monoisotopic (exact) mass is 420 g/mol. The number of hydrazone groups is 1. The molecular formula is C18H20ClF3N2O2S. The zero-order chi connectivity index (χ0) is 19.8. The van der Waals surface area contributed by atoms with Gasteiger partial charge in [0.15, 0.2) is 0 Å². The predicted molar refractivity (Wildman–Crippen MR) is 99.4 cm³/mol. The van der Waals surface area contributed by atoms with Crippen molar-refractivity contribution in [1.29, 1.82) is 0 Å². The summed E-state index contributed by atoms with van der Waals surface area (Å²) in [7, 11) is 0. The first-order valence-electron chi connectivity index (χ1n) is 8.65. The Kier molecular flexibility index (Phi) is 5.80. The molecule has 1 amide bonds. The average Bonchev–Trinajstić information content (AvgIpc) is 2.90. The van der Waals surface area contributed by atoms with Crippen molar-refractivity contribution in [1.82, 2.24) is 5.01 Å². The molecule has 3 rings (SSSR count). The maximum atomic E-state index is 13.8. The molecule has 148 valence electrons. The Labute approximate surface area is 164 Å². The highest BCUT2D eigenvalue weighted by Gasteiger charge is 2.68. The van der Waals surface area contributed by atoms with E-state index in [0.717, 1.165) is 17.3 Å². The highest BCUT2D eigenvalue weighted by Crippen LogP contribution is 2.49. The van der Waals surface area contributed by atoms with Gasteiger partial charge in [0, 0.05) is 16.5 Å². The van der Waals surface area contributed by atoms with Gasteiger partial charge in [0.1, 0.15) is 0 Å². The van der Waals surface area contributed by atoms with Gasteiger partial charge in [-0.3, -0.25) is 4.79 Å². The fraction of sp³-hybridized carbons (Fsp3) is 0.556. The quantitative estimate of drug-likeness (QED) is 0.782. The van der Waals surface area contributed by atoms with E-state index < -0.39 is 23.7 Å². The van der Waals surface area contributed by atoms with Gasteiger partial charge in [0.2, 0.25) is 0 Å². The molecule has 1 heterocycles. The number of alkyl halides is 3. The fourth-order valence-corrected chi connectivity index (χ4v) is 4.73. The van der Waals surface area contributed by atoms with Crippen LogP contribution in [0.3, 0.4) is 0 Å². The van der Waals surface area contributed by atoms with Crippen LogP contribution in [-0.4, -0.2) is 39.4 Å². The second-order valence-corrected chi connectivity index (χ2v) is 8.43. The largest absolute Gasteiger partial charge is 0.439 e. The number of halogens is 4. The van der Waals surface area contributed by atoms with Gasteiger partial charge in [-0.25, -0.2) is 0 Å². The third-order valence-corrected chi connectivity index (χ3v) is 6.40. The number of hydrogen-bond donors (Lipinski definition) is 1. The van der Waals surface area contributed by atoms with Crippen LogP contribution >= 0.6 is 23.4 Å². The van der Waals surface area contributed by atoms with E-state index in [4.69, 9.17) is 11.6 Å². The summed E-state index contributed by atoms with van der Waals surface area (Å²) in [5.74, 6) is -1.88. The number of fused-ring (bicyclic) bond motifs is 1. The molecule has 1 aromatic rings. The topological polar surface area (TPSA) is 52.9 Å². The van der Waals surface area contributed by atoms with Gasteiger partial charge >= 0.3 is 6.18 Å². The molecule has 0 spiro atoms. The number of carbonyl (C=O) groups is 1. The van der Waals surface area contributed by atoms with Crippen molar-refractivity contribution < 1.29 is 23.1 Å². The van der Waals surface area contributed by atoms with Crippen molar-refractivity contribution in [3.8, 4) is 0 Å². The van der Waals surface area contributed by atoms with E-state index in [1.54, 1.807) is 24.3 Å². The third kappa shape index (κ3) is 3.84. The van der Waals surface area contributed by atoms with Crippen LogP contribution in [0.4, 0.5) is 13.2 Å². The molecular weight excluding hydrogens is 401 g/mol. The number of thioether (sulfide) groups is 1. The number of hydrogen-bond acceptors (Lipinski definition) is 4. The molecule has 0 bridgehead atoms. The Bertz CT molecular complexity index is 758. The van der Waals surface area contributed by atoms with Gasteiger partial charge in [-0.2, -0.15) is 23.3 Å². The van der Waals surface area contributed by atoms with E-state index in [0.29, 0.717) is 23.6 Å². The molecule has 1 aliphatic carbocycles. The Morgan fingerprint density at radius 3 is 2.81 bits per heavy atom. The summed E-state index contributed by atoms with van der Waals surface area (Å²) in [6.45, 7) is 1.84. The minimum absolute atomic E-state index is 0.0347. The summed E-state index contributed by atoms with van der Waals surface area (Å²) >= 11 is 7.19. The summed E-state index contributed by atoms with van der Waals surface area (Å²) in [6.07, 6.45) is -3.76. The smallest absolute Gasteiger partial charge is 0.362 e. The highest BCUT2D eigenvalue weighted by atomic mass is 35.5. The Balaban J connectivity index is 1.74. The molecule has 4 nitrogen and oxygen atoms in total. The first-order chi connectivity index (χ1) is 12.6. The SMILES string of the molecule is C[C@@H]1CCC2=NN(C(=O)CSCc3ccccc3Cl)[C@](O)(C(F)(F)F)[C@@H]2C1. The first kappa shape index (κ1) is 20.5. The molecule has 0 aromatic heterocycles. The number of rotatable bonds is 4. The summed E-state index contributed by atoms with van der Waals surface area (Å²) in [5, 5.41) is 15.3. The molecule has 9 heteroatoms. The Morgan fingerprint density at radius 2 is 2.15 bits per heavy atom. The molecule has 1 aliphatic heterocycles. The molecule has 1 aromatic carbocycles. The molecule has 0 radical (unpaired) electrons. The van der Waals surface area contributed by atoms with E-state index >= 15 is 0 Å². The van der Waals surface area contributed by atoms with Crippen LogP contribution in [0.15, 0.2) is 29.4 Å². The number of benzene rings is 1. The first-order valence-corrected chi connectivity index (χ1v) is 10.2. The molecule has 0 saturated heterocycles. The molecule has 2 aliphatic rings. The van der Waals surface area contributed by atoms with Crippen LogP contribution in [0.25, 0.3) is 0 Å². The van der Waals surface area contributed by atoms with Crippen molar-refractivity contribution in [2.24, 2.45) is 16.9 Å². The fourth-order valence-electron chi connectivity index (χ4n) is 3.58. The standard InChI is InChI=1S/C18H20ClF3N2O2S/c1-11-6-7-15-13(8-11)17(26,18(20,21)22)24(23-15)16(25)10-27-9-12-4-2-3-5-14(12)19/h2-5,11,13,26H,6-10H2,1H3/t11-,13-,17-/m1/s1. The molecule has 0 unspecified atom stereocenters. The summed E-state index contributed by atoms with van der Waals surface area (Å²) < 4.78 is 41.3. The van der Waals surface area contributed by atoms with E-state index in [-0.39, 0.29) is 28.8 Å². The van der Waals surface area contributed by atoms with Gasteiger partial charge < -0.3 is 5.11 Å². The van der Waals surface area contributed by atoms with Crippen molar-refractivity contribution in [3.05, 3.63) is 34.9 Å². The maximum Gasteiger partial charge on any atom is 0.439 e. The normalized spacial score (nSPS) is 28.1. The van der Waals surface area contributed by atoms with E-state index in [2.05, 4.69) is 5.10 Å². The number of nitrogens with zero attached hydrogens (tertiary/aromatic N) is 2. The highest BCUT2D eigenvalue weighted by molar-refractivity contribution is 7.99. The molecule has 1 saturated carbocycles. The maximum absolute atomic E-state index is 13.8. The lowest BCUT2D eigenvalue weighted by atomic mass is 9.76. The second kappa shape index (κ2) is 7.64. The van der Waals surface area contributed by atoms with Gasteiger partial charge in [0.05, 0.1) is 11.7 Å². The molecule has 1 N–H and O–H groups in total. The van der Waals surface area contributed by atoms with E-state index in [1.807, 2.05) is 6.92 Å². The molecule has 3 atom stereocenters. The lowest BCUT2D eigenvalue weighted by molar-refractivity contribution is -0.317. The number of aliphatic hydroxyl groups is 1. The van der Waals surface area contributed by atoms with Crippen molar-refractivity contribution in [3.63, 3.8) is 0 Å². The van der Waals surface area contributed by atoms with Gasteiger partial charge in [-0.15, -0.1) is 11.8 Å². The summed E-state index contributed by atoms with van der Waals surface area (Å²) in [5.41, 5.74) is -2.21. The lowest BCUT2D eigenvalue weighted by Gasteiger charge is -2.39. The van der Waals surface area contributed by atoms with E-state index in [1.165, 1.54) is 0 Å². The van der Waals surface area contributed by atoms with E-state index in [9.17, 15) is 23.1 Å². The molecule has 1 fully saturated rings. The van der Waals surface area contributed by atoms with Crippen LogP contribution < -0.4 is 0 Å². The minimum atomic E-state index is -4.98. The van der Waals surface area contributed by atoms with Gasteiger partial charge in [-0.05, 0) is 36.8 Å². The van der Waals surface area contributed by atoms with Crippen LogP contribution in [0.1, 0.15) is 31.7 Å². The predicted octanol–water partition coefficient (Wildman–Crippen LogP) is 4.46. The number of carbonyl (C=O) groups excluding carboxylic acids is 1. The van der Waals surface area contributed by atoms with Crippen LogP contribution in [0.5, 0.6) is 0 Å². The third-order valence-electron chi connectivity index (χ3n) is 5.07. The lowest BCUT2D eigenvalue weighted by Crippen LogP contribution is -2.62. The zero-order valence-corrected chi connectivity index (χ0v) is 16.2. The Hall–Kier alpha value is -1.25. The number of amides is 1. The average molecular weight is 421 g/mol. The molecule has 27 heavy (non-hydrogen) atoms. The summed E-state index contributed by atoms with van der Waals surface area (Å²) in [4.78, 5) is 12.5. The van der Waals surface area contributed by atoms with Crippen LogP contribution in [0.2, 0.25) is 5.02 Å². The van der Waals surface area contributed by atoms with Crippen LogP contribution in [-0.2, 0) is 10.5 Å². The second-order valence-electron chi connectivity index (χ2n) is 7.04. The van der Waals surface area contributed by atoms with Crippen molar-refractivity contribution in [2.75, 3.05) is 5.75 Å². The Morgan fingerprint density at radius 1 is 1.44 bits per heavy atom.